The van der Waals surface area contributed by atoms with Crippen LogP contribution < -0.4 is 9.62 Å². The highest BCUT2D eigenvalue weighted by Gasteiger charge is 2.35. The van der Waals surface area contributed by atoms with Gasteiger partial charge in [-0.3, -0.25) is 13.9 Å². The molecule has 0 spiro atoms. The summed E-state index contributed by atoms with van der Waals surface area (Å²) in [6.07, 6.45) is 1.96. The Bertz CT molecular complexity index is 1590. The number of nitrogens with zero attached hydrogens (tertiary/aromatic N) is 2. The van der Waals surface area contributed by atoms with Gasteiger partial charge in [0.15, 0.2) is 0 Å². The average molecular weight is 618 g/mol. The van der Waals surface area contributed by atoms with Crippen molar-refractivity contribution in [3.05, 3.63) is 131 Å². The van der Waals surface area contributed by atoms with Crippen LogP contribution in [0.1, 0.15) is 30.9 Å². The van der Waals surface area contributed by atoms with Gasteiger partial charge in [0.2, 0.25) is 11.8 Å². The van der Waals surface area contributed by atoms with Gasteiger partial charge >= 0.3 is 0 Å². The molecule has 0 heterocycles. The van der Waals surface area contributed by atoms with E-state index >= 15 is 0 Å². The number of hydrogen-bond donors (Lipinski definition) is 1. The minimum Gasteiger partial charge on any atom is -0.354 e. The predicted molar refractivity (Wildman–Crippen MR) is 171 cm³/mol. The molecule has 0 aliphatic heterocycles. The van der Waals surface area contributed by atoms with Gasteiger partial charge in [-0.05, 0) is 41.8 Å². The van der Waals surface area contributed by atoms with Gasteiger partial charge in [0, 0.05) is 19.5 Å². The Morgan fingerprint density at radius 2 is 1.35 bits per heavy atom. The number of benzene rings is 4. The fourth-order valence-electron chi connectivity index (χ4n) is 4.73. The molecule has 0 aliphatic rings. The Morgan fingerprint density at radius 3 is 1.95 bits per heavy atom. The number of halogens is 1. The lowest BCUT2D eigenvalue weighted by molar-refractivity contribution is -0.140. The highest BCUT2D eigenvalue weighted by molar-refractivity contribution is 7.92. The van der Waals surface area contributed by atoms with Gasteiger partial charge in [0.05, 0.1) is 15.6 Å². The summed E-state index contributed by atoms with van der Waals surface area (Å²) >= 11 is 6.50. The number of carbonyl (C=O) groups is 2. The van der Waals surface area contributed by atoms with Crippen LogP contribution in [0.2, 0.25) is 5.02 Å². The first-order valence-corrected chi connectivity index (χ1v) is 16.1. The molecule has 7 nitrogen and oxygen atoms in total. The van der Waals surface area contributed by atoms with Gasteiger partial charge in [-0.1, -0.05) is 116 Å². The topological polar surface area (TPSA) is 86.8 Å². The van der Waals surface area contributed by atoms with E-state index in [4.69, 9.17) is 11.6 Å². The molecule has 0 unspecified atom stereocenters. The van der Waals surface area contributed by atoms with E-state index in [1.165, 1.54) is 17.0 Å². The highest BCUT2D eigenvalue weighted by atomic mass is 35.5. The van der Waals surface area contributed by atoms with Crippen LogP contribution in [0, 0.1) is 0 Å². The Balaban J connectivity index is 1.77. The lowest BCUT2D eigenvalue weighted by atomic mass is 10.0. The molecule has 4 aromatic rings. The smallest absolute Gasteiger partial charge is 0.264 e. The second-order valence-electron chi connectivity index (χ2n) is 10.1. The van der Waals surface area contributed by atoms with E-state index in [-0.39, 0.29) is 34.5 Å². The van der Waals surface area contributed by atoms with E-state index in [2.05, 4.69) is 5.32 Å². The standard InChI is InChI=1S/C34H36ClN3O4S/c1-2-3-23-36-34(40)32(24-27-15-7-4-8-16-27)37(25-28-17-9-5-10-18-28)33(39)26-38(31-22-14-13-21-30(31)35)43(41,42)29-19-11-6-12-20-29/h4-22,32H,2-3,23-26H2,1H3,(H,36,40)/t32-/m1/s1. The van der Waals surface area contributed by atoms with Crippen molar-refractivity contribution >= 4 is 39.1 Å². The van der Waals surface area contributed by atoms with Crippen LogP contribution in [0.3, 0.4) is 0 Å². The summed E-state index contributed by atoms with van der Waals surface area (Å²) in [6, 6.07) is 32.4. The van der Waals surface area contributed by atoms with Crippen LogP contribution in [0.5, 0.6) is 0 Å². The minimum absolute atomic E-state index is 0.0236. The summed E-state index contributed by atoms with van der Waals surface area (Å²) in [6.45, 7) is 2.07. The summed E-state index contributed by atoms with van der Waals surface area (Å²) in [5, 5.41) is 3.17. The molecule has 0 saturated carbocycles. The quantitative estimate of drug-likeness (QED) is 0.174. The Morgan fingerprint density at radius 1 is 0.791 bits per heavy atom. The maximum Gasteiger partial charge on any atom is 0.264 e. The van der Waals surface area contributed by atoms with E-state index in [0.717, 1.165) is 28.3 Å². The van der Waals surface area contributed by atoms with Crippen LogP contribution in [0.25, 0.3) is 0 Å². The number of amides is 2. The van der Waals surface area contributed by atoms with Crippen LogP contribution in [-0.4, -0.2) is 44.3 Å². The molecule has 0 aromatic heterocycles. The molecule has 1 atom stereocenters. The lowest BCUT2D eigenvalue weighted by Crippen LogP contribution is -2.53. The van der Waals surface area contributed by atoms with Crippen molar-refractivity contribution in [2.75, 3.05) is 17.4 Å². The van der Waals surface area contributed by atoms with E-state index in [9.17, 15) is 18.0 Å². The molecular formula is C34H36ClN3O4S. The van der Waals surface area contributed by atoms with Crippen molar-refractivity contribution in [1.29, 1.82) is 0 Å². The molecule has 2 amide bonds. The fourth-order valence-corrected chi connectivity index (χ4v) is 6.47. The third-order valence-corrected chi connectivity index (χ3v) is 9.12. The Labute approximate surface area is 259 Å². The van der Waals surface area contributed by atoms with Crippen LogP contribution in [-0.2, 0) is 32.6 Å². The van der Waals surface area contributed by atoms with Crippen molar-refractivity contribution < 1.29 is 18.0 Å². The number of nitrogens with one attached hydrogen (secondary N) is 1. The molecule has 43 heavy (non-hydrogen) atoms. The first-order chi connectivity index (χ1) is 20.8. The second kappa shape index (κ2) is 15.4. The van der Waals surface area contributed by atoms with E-state index < -0.39 is 28.5 Å². The fraction of sp³-hybridized carbons (Fsp3) is 0.235. The SMILES string of the molecule is CCCCNC(=O)[C@@H](Cc1ccccc1)N(Cc1ccccc1)C(=O)CN(c1ccccc1Cl)S(=O)(=O)c1ccccc1. The second-order valence-corrected chi connectivity index (χ2v) is 12.4. The molecule has 4 rings (SSSR count). The zero-order valence-corrected chi connectivity index (χ0v) is 25.7. The molecule has 4 aromatic carbocycles. The number of para-hydroxylation sites is 1. The van der Waals surface area contributed by atoms with Crippen molar-refractivity contribution in [3.63, 3.8) is 0 Å². The average Bonchev–Trinajstić information content (AvgIpc) is 3.03. The van der Waals surface area contributed by atoms with Crippen molar-refractivity contribution in [2.24, 2.45) is 0 Å². The predicted octanol–water partition coefficient (Wildman–Crippen LogP) is 6.09. The molecule has 0 radical (unpaired) electrons. The van der Waals surface area contributed by atoms with E-state index in [0.29, 0.717) is 6.54 Å². The number of anilines is 1. The number of sulfonamides is 1. The van der Waals surface area contributed by atoms with Crippen LogP contribution in [0.15, 0.2) is 120 Å². The molecule has 9 heteroatoms. The van der Waals surface area contributed by atoms with Crippen molar-refractivity contribution in [2.45, 2.75) is 43.7 Å². The lowest BCUT2D eigenvalue weighted by Gasteiger charge is -2.34. The third kappa shape index (κ3) is 8.46. The molecule has 0 bridgehead atoms. The van der Waals surface area contributed by atoms with E-state index in [1.807, 2.05) is 67.6 Å². The number of hydrogen-bond acceptors (Lipinski definition) is 4. The number of rotatable bonds is 14. The first-order valence-electron chi connectivity index (χ1n) is 14.3. The Hall–Kier alpha value is -4.14. The first kappa shape index (κ1) is 31.8. The summed E-state index contributed by atoms with van der Waals surface area (Å²) in [5.41, 5.74) is 1.86. The zero-order chi connectivity index (χ0) is 30.7. The molecule has 0 fully saturated rings. The van der Waals surface area contributed by atoms with Crippen LogP contribution in [0.4, 0.5) is 5.69 Å². The van der Waals surface area contributed by atoms with Gasteiger partial charge in [-0.15, -0.1) is 0 Å². The molecule has 0 aliphatic carbocycles. The van der Waals surface area contributed by atoms with Gasteiger partial charge in [0.1, 0.15) is 12.6 Å². The van der Waals surface area contributed by atoms with Gasteiger partial charge in [-0.2, -0.15) is 0 Å². The minimum atomic E-state index is -4.20. The maximum absolute atomic E-state index is 14.4. The summed E-state index contributed by atoms with van der Waals surface area (Å²) in [4.78, 5) is 29.6. The summed E-state index contributed by atoms with van der Waals surface area (Å²) in [7, 11) is -4.20. The molecule has 0 saturated heterocycles. The third-order valence-electron chi connectivity index (χ3n) is 7.03. The van der Waals surface area contributed by atoms with Crippen LogP contribution >= 0.6 is 11.6 Å². The Kier molecular flexibility index (Phi) is 11.4. The largest absolute Gasteiger partial charge is 0.354 e. The van der Waals surface area contributed by atoms with Crippen molar-refractivity contribution in [1.82, 2.24) is 10.2 Å². The monoisotopic (exact) mass is 617 g/mol. The zero-order valence-electron chi connectivity index (χ0n) is 24.1. The molecular weight excluding hydrogens is 582 g/mol. The summed E-state index contributed by atoms with van der Waals surface area (Å²) in [5.74, 6) is -0.827. The maximum atomic E-state index is 14.4. The summed E-state index contributed by atoms with van der Waals surface area (Å²) < 4.78 is 29.0. The molecule has 224 valence electrons. The van der Waals surface area contributed by atoms with Crippen molar-refractivity contribution in [3.8, 4) is 0 Å². The number of carbonyl (C=O) groups excluding carboxylic acids is 2. The van der Waals surface area contributed by atoms with Gasteiger partial charge < -0.3 is 10.2 Å². The van der Waals surface area contributed by atoms with Gasteiger partial charge in [-0.25, -0.2) is 8.42 Å². The van der Waals surface area contributed by atoms with Gasteiger partial charge in [0.25, 0.3) is 10.0 Å². The normalized spacial score (nSPS) is 11.9. The highest BCUT2D eigenvalue weighted by Crippen LogP contribution is 2.31. The number of unbranched alkanes of at least 4 members (excludes halogenated alkanes) is 1. The molecule has 1 N–H and O–H groups in total. The van der Waals surface area contributed by atoms with E-state index in [1.54, 1.807) is 42.5 Å².